The molecule has 0 saturated heterocycles. The minimum atomic E-state index is 0.0150. The van der Waals surface area contributed by atoms with Crippen LogP contribution >= 0.6 is 0 Å². The number of H-pyrrole nitrogens is 1. The normalized spacial score (nSPS) is 10.8. The van der Waals surface area contributed by atoms with Crippen molar-refractivity contribution in [1.82, 2.24) is 10.3 Å². The van der Waals surface area contributed by atoms with E-state index < -0.39 is 0 Å². The van der Waals surface area contributed by atoms with Crippen molar-refractivity contribution >= 4 is 16.8 Å². The number of rotatable bonds is 3. The Balaban J connectivity index is 2.64. The van der Waals surface area contributed by atoms with E-state index in [1.54, 1.807) is 0 Å². The highest BCUT2D eigenvalue weighted by molar-refractivity contribution is 6.08. The Bertz CT molecular complexity index is 555. The number of amides is 1. The molecule has 0 aliphatic carbocycles. The van der Waals surface area contributed by atoms with Gasteiger partial charge in [-0.1, -0.05) is 18.6 Å². The van der Waals surface area contributed by atoms with Crippen LogP contribution in [0.15, 0.2) is 18.2 Å². The van der Waals surface area contributed by atoms with E-state index in [1.807, 2.05) is 19.9 Å². The van der Waals surface area contributed by atoms with Crippen LogP contribution in [0.1, 0.15) is 35.5 Å². The number of nitrogens with one attached hydrogen (secondary N) is 2. The molecule has 1 heterocycles. The van der Waals surface area contributed by atoms with Gasteiger partial charge in [0.05, 0.1) is 5.56 Å². The number of carbonyl (C=O) groups is 1. The molecule has 0 aliphatic rings. The molecule has 90 valence electrons. The fraction of sp³-hybridized carbons (Fsp3) is 0.357. The number of hydrogen-bond acceptors (Lipinski definition) is 1. The van der Waals surface area contributed by atoms with Crippen LogP contribution in [0.3, 0.4) is 0 Å². The van der Waals surface area contributed by atoms with E-state index in [-0.39, 0.29) is 5.91 Å². The summed E-state index contributed by atoms with van der Waals surface area (Å²) in [4.78, 5) is 15.4. The third-order valence-corrected chi connectivity index (χ3v) is 2.95. The van der Waals surface area contributed by atoms with Crippen LogP contribution < -0.4 is 5.32 Å². The van der Waals surface area contributed by atoms with Crippen molar-refractivity contribution in [2.24, 2.45) is 0 Å². The average Bonchev–Trinajstić information content (AvgIpc) is 2.66. The molecule has 3 heteroatoms. The van der Waals surface area contributed by atoms with Gasteiger partial charge in [-0.15, -0.1) is 0 Å². The van der Waals surface area contributed by atoms with Crippen LogP contribution in [-0.4, -0.2) is 17.4 Å². The first-order chi connectivity index (χ1) is 8.17. The number of aromatic amines is 1. The smallest absolute Gasteiger partial charge is 0.253 e. The summed E-state index contributed by atoms with van der Waals surface area (Å²) in [5, 5.41) is 3.90. The lowest BCUT2D eigenvalue weighted by Gasteiger charge is -2.03. The summed E-state index contributed by atoms with van der Waals surface area (Å²) < 4.78 is 0. The molecule has 1 aromatic heterocycles. The zero-order chi connectivity index (χ0) is 12.4. The fourth-order valence-electron chi connectivity index (χ4n) is 2.14. The molecule has 17 heavy (non-hydrogen) atoms. The van der Waals surface area contributed by atoms with E-state index in [4.69, 9.17) is 0 Å². The predicted octanol–water partition coefficient (Wildman–Crippen LogP) is 2.79. The average molecular weight is 230 g/mol. The highest BCUT2D eigenvalue weighted by atomic mass is 16.1. The van der Waals surface area contributed by atoms with Gasteiger partial charge in [-0.2, -0.15) is 0 Å². The Morgan fingerprint density at radius 1 is 1.35 bits per heavy atom. The van der Waals surface area contributed by atoms with Gasteiger partial charge in [0.25, 0.3) is 5.91 Å². The molecule has 2 rings (SSSR count). The van der Waals surface area contributed by atoms with Crippen molar-refractivity contribution in [2.75, 3.05) is 6.54 Å². The van der Waals surface area contributed by atoms with E-state index in [1.165, 1.54) is 5.56 Å². The molecule has 0 atom stereocenters. The predicted molar refractivity (Wildman–Crippen MR) is 70.4 cm³/mol. The van der Waals surface area contributed by atoms with Gasteiger partial charge in [0.1, 0.15) is 0 Å². The zero-order valence-electron chi connectivity index (χ0n) is 10.6. The summed E-state index contributed by atoms with van der Waals surface area (Å²) in [6.45, 7) is 6.68. The lowest BCUT2D eigenvalue weighted by atomic mass is 10.1. The Morgan fingerprint density at radius 3 is 2.76 bits per heavy atom. The van der Waals surface area contributed by atoms with Gasteiger partial charge >= 0.3 is 0 Å². The number of benzene rings is 1. The van der Waals surface area contributed by atoms with Crippen molar-refractivity contribution in [3.63, 3.8) is 0 Å². The second kappa shape index (κ2) is 4.62. The Hall–Kier alpha value is -1.77. The first kappa shape index (κ1) is 11.7. The molecule has 2 N–H and O–H groups in total. The monoisotopic (exact) mass is 230 g/mol. The third kappa shape index (κ3) is 2.05. The number of hydrogen-bond donors (Lipinski definition) is 2. The van der Waals surface area contributed by atoms with Crippen LogP contribution in [0, 0.1) is 6.92 Å². The Morgan fingerprint density at radius 2 is 2.12 bits per heavy atom. The molecule has 0 unspecified atom stereocenters. The minimum absolute atomic E-state index is 0.0150. The van der Waals surface area contributed by atoms with E-state index in [9.17, 15) is 4.79 Å². The second-order valence-corrected chi connectivity index (χ2v) is 4.24. The molecule has 0 spiro atoms. The Labute approximate surface area is 101 Å². The largest absolute Gasteiger partial charge is 0.358 e. The van der Waals surface area contributed by atoms with Gasteiger partial charge in [-0.3, -0.25) is 4.79 Å². The van der Waals surface area contributed by atoms with Crippen LogP contribution in [0.5, 0.6) is 0 Å². The fourth-order valence-corrected chi connectivity index (χ4v) is 2.14. The van der Waals surface area contributed by atoms with Crippen LogP contribution in [0.2, 0.25) is 0 Å². The van der Waals surface area contributed by atoms with Gasteiger partial charge < -0.3 is 10.3 Å². The van der Waals surface area contributed by atoms with E-state index >= 15 is 0 Å². The van der Waals surface area contributed by atoms with Gasteiger partial charge in [0.2, 0.25) is 0 Å². The van der Waals surface area contributed by atoms with Gasteiger partial charge in [-0.25, -0.2) is 0 Å². The van der Waals surface area contributed by atoms with Crippen molar-refractivity contribution in [3.05, 3.63) is 35.0 Å². The van der Waals surface area contributed by atoms with Gasteiger partial charge in [0.15, 0.2) is 0 Å². The number of aryl methyl sites for hydroxylation is 2. The number of aromatic nitrogens is 1. The number of carbonyl (C=O) groups excluding carboxylic acids is 1. The molecule has 0 fully saturated rings. The van der Waals surface area contributed by atoms with Crippen LogP contribution in [-0.2, 0) is 6.42 Å². The highest BCUT2D eigenvalue weighted by Crippen LogP contribution is 2.24. The molecule has 0 saturated carbocycles. The maximum atomic E-state index is 12.1. The molecule has 0 aliphatic heterocycles. The first-order valence-corrected chi connectivity index (χ1v) is 6.06. The molecule has 1 aromatic carbocycles. The van der Waals surface area contributed by atoms with E-state index in [0.29, 0.717) is 6.54 Å². The molecule has 0 bridgehead atoms. The lowest BCUT2D eigenvalue weighted by Crippen LogP contribution is -2.23. The Kier molecular flexibility index (Phi) is 3.18. The summed E-state index contributed by atoms with van der Waals surface area (Å²) >= 11 is 0. The summed E-state index contributed by atoms with van der Waals surface area (Å²) in [6, 6.07) is 6.15. The van der Waals surface area contributed by atoms with Crippen molar-refractivity contribution in [1.29, 1.82) is 0 Å². The minimum Gasteiger partial charge on any atom is -0.358 e. The lowest BCUT2D eigenvalue weighted by molar-refractivity contribution is 0.0956. The second-order valence-electron chi connectivity index (χ2n) is 4.24. The molecule has 1 amide bonds. The highest BCUT2D eigenvalue weighted by Gasteiger charge is 2.16. The standard InChI is InChI=1S/C14H18N2O/c1-4-11-13(14(17)15-5-2)10-8-9(3)6-7-12(10)16-11/h6-8,16H,4-5H2,1-3H3,(H,15,17). The van der Waals surface area contributed by atoms with Crippen LogP contribution in [0.4, 0.5) is 0 Å². The molecular weight excluding hydrogens is 212 g/mol. The van der Waals surface area contributed by atoms with E-state index in [2.05, 4.69) is 29.4 Å². The van der Waals surface area contributed by atoms with Crippen molar-refractivity contribution in [3.8, 4) is 0 Å². The van der Waals surface area contributed by atoms with Crippen molar-refractivity contribution < 1.29 is 4.79 Å². The quantitative estimate of drug-likeness (QED) is 0.836. The van der Waals surface area contributed by atoms with E-state index in [0.717, 1.165) is 28.6 Å². The SMILES string of the molecule is CCNC(=O)c1c(CC)[nH]c2ccc(C)cc12. The maximum absolute atomic E-state index is 12.1. The number of fused-ring (bicyclic) bond motifs is 1. The summed E-state index contributed by atoms with van der Waals surface area (Å²) in [5.74, 6) is 0.0150. The molecular formula is C14H18N2O. The zero-order valence-corrected chi connectivity index (χ0v) is 10.6. The van der Waals surface area contributed by atoms with Gasteiger partial charge in [-0.05, 0) is 32.4 Å². The summed E-state index contributed by atoms with van der Waals surface area (Å²) in [7, 11) is 0. The molecule has 0 radical (unpaired) electrons. The molecule has 2 aromatic rings. The summed E-state index contributed by atoms with van der Waals surface area (Å²) in [6.07, 6.45) is 0.834. The first-order valence-electron chi connectivity index (χ1n) is 6.06. The molecule has 3 nitrogen and oxygen atoms in total. The van der Waals surface area contributed by atoms with Crippen molar-refractivity contribution in [2.45, 2.75) is 27.2 Å². The third-order valence-electron chi connectivity index (χ3n) is 2.95. The topological polar surface area (TPSA) is 44.9 Å². The summed E-state index contributed by atoms with van der Waals surface area (Å²) in [5.41, 5.74) is 4.02. The van der Waals surface area contributed by atoms with Crippen LogP contribution in [0.25, 0.3) is 10.9 Å². The van der Waals surface area contributed by atoms with Gasteiger partial charge in [0, 0.05) is 23.1 Å². The maximum Gasteiger partial charge on any atom is 0.253 e.